The van der Waals surface area contributed by atoms with Gasteiger partial charge in [0, 0.05) is 10.9 Å². The molecular weight excluding hydrogens is 330 g/mol. The first kappa shape index (κ1) is 15.4. The summed E-state index contributed by atoms with van der Waals surface area (Å²) in [6.45, 7) is -0.0863. The van der Waals surface area contributed by atoms with E-state index in [9.17, 15) is 9.59 Å². The van der Waals surface area contributed by atoms with E-state index in [1.807, 2.05) is 41.1 Å². The number of nitrogens with zero attached hydrogens (tertiary/aromatic N) is 1. The molecule has 3 aromatic rings. The Morgan fingerprint density at radius 3 is 2.61 bits per heavy atom. The molecular formula is C16H13N3O2S2. The topological polar surface area (TPSA) is 71.1 Å². The maximum atomic E-state index is 11.9. The van der Waals surface area contributed by atoms with Gasteiger partial charge in [-0.05, 0) is 11.4 Å². The Morgan fingerprint density at radius 2 is 1.87 bits per heavy atom. The fraction of sp³-hybridized carbons (Fsp3) is 0.0625. The fourth-order valence-corrected chi connectivity index (χ4v) is 3.27. The minimum atomic E-state index is -0.302. The minimum Gasteiger partial charge on any atom is -0.342 e. The lowest BCUT2D eigenvalue weighted by molar-refractivity contribution is -0.115. The van der Waals surface area contributed by atoms with E-state index in [4.69, 9.17) is 0 Å². The van der Waals surface area contributed by atoms with Crippen molar-refractivity contribution in [2.24, 2.45) is 0 Å². The number of hydrogen-bond acceptors (Lipinski definition) is 5. The molecule has 0 bridgehead atoms. The highest BCUT2D eigenvalue weighted by atomic mass is 32.1. The van der Waals surface area contributed by atoms with Gasteiger partial charge < -0.3 is 10.6 Å². The molecule has 0 saturated carbocycles. The normalized spacial score (nSPS) is 10.3. The zero-order valence-corrected chi connectivity index (χ0v) is 13.6. The van der Waals surface area contributed by atoms with Crippen LogP contribution in [0.3, 0.4) is 0 Å². The molecule has 2 amide bonds. The predicted molar refractivity (Wildman–Crippen MR) is 92.8 cm³/mol. The van der Waals surface area contributed by atoms with Crippen molar-refractivity contribution < 1.29 is 9.59 Å². The number of carbonyl (C=O) groups excluding carboxylic acids is 2. The molecule has 23 heavy (non-hydrogen) atoms. The highest BCUT2D eigenvalue weighted by Gasteiger charge is 2.11. The number of anilines is 1. The van der Waals surface area contributed by atoms with Crippen molar-refractivity contribution >= 4 is 39.6 Å². The number of amides is 2. The molecule has 1 aromatic carbocycles. The molecule has 2 heterocycles. The van der Waals surface area contributed by atoms with E-state index in [-0.39, 0.29) is 18.4 Å². The first-order chi connectivity index (χ1) is 11.2. The van der Waals surface area contributed by atoms with E-state index in [1.54, 1.807) is 12.1 Å². The number of hydrogen-bond donors (Lipinski definition) is 2. The van der Waals surface area contributed by atoms with Crippen molar-refractivity contribution in [2.45, 2.75) is 0 Å². The Kier molecular flexibility index (Phi) is 4.80. The van der Waals surface area contributed by atoms with Crippen molar-refractivity contribution in [3.8, 4) is 11.3 Å². The van der Waals surface area contributed by atoms with Crippen LogP contribution in [-0.4, -0.2) is 23.3 Å². The summed E-state index contributed by atoms with van der Waals surface area (Å²) in [5.41, 5.74) is 1.81. The lowest BCUT2D eigenvalue weighted by Crippen LogP contribution is -2.32. The summed E-state index contributed by atoms with van der Waals surface area (Å²) in [5, 5.41) is 9.48. The van der Waals surface area contributed by atoms with E-state index in [1.165, 1.54) is 22.7 Å². The quantitative estimate of drug-likeness (QED) is 0.747. The molecule has 0 aliphatic carbocycles. The third kappa shape index (κ3) is 4.02. The Hall–Kier alpha value is -2.51. The average Bonchev–Trinajstić information content (AvgIpc) is 3.25. The van der Waals surface area contributed by atoms with Crippen LogP contribution in [0.4, 0.5) is 5.13 Å². The van der Waals surface area contributed by atoms with Crippen molar-refractivity contribution in [3.05, 3.63) is 58.1 Å². The summed E-state index contributed by atoms with van der Waals surface area (Å²) >= 11 is 2.68. The van der Waals surface area contributed by atoms with Crippen LogP contribution in [0.2, 0.25) is 0 Å². The number of carbonyl (C=O) groups is 2. The van der Waals surface area contributed by atoms with Gasteiger partial charge in [0.15, 0.2) is 5.13 Å². The van der Waals surface area contributed by atoms with Crippen LogP contribution >= 0.6 is 22.7 Å². The van der Waals surface area contributed by atoms with E-state index in [0.717, 1.165) is 11.3 Å². The molecule has 3 rings (SSSR count). The van der Waals surface area contributed by atoms with Crippen LogP contribution in [-0.2, 0) is 4.79 Å². The lowest BCUT2D eigenvalue weighted by atomic mass is 10.2. The van der Waals surface area contributed by atoms with Crippen molar-refractivity contribution in [1.82, 2.24) is 10.3 Å². The van der Waals surface area contributed by atoms with Crippen LogP contribution in [0, 0.1) is 0 Å². The monoisotopic (exact) mass is 343 g/mol. The Labute approximate surface area is 141 Å². The zero-order chi connectivity index (χ0) is 16.1. The first-order valence-electron chi connectivity index (χ1n) is 6.85. The van der Waals surface area contributed by atoms with Gasteiger partial charge in [-0.15, -0.1) is 22.7 Å². The SMILES string of the molecule is O=C(CNC(=O)c1cccs1)Nc1nc(-c2ccccc2)cs1. The molecule has 0 fully saturated rings. The Balaban J connectivity index is 1.54. The summed E-state index contributed by atoms with van der Waals surface area (Å²) in [4.78, 5) is 28.6. The number of benzene rings is 1. The van der Waals surface area contributed by atoms with Crippen LogP contribution in [0.15, 0.2) is 53.2 Å². The predicted octanol–water partition coefficient (Wildman–Crippen LogP) is 3.24. The van der Waals surface area contributed by atoms with Gasteiger partial charge in [0.1, 0.15) is 0 Å². The van der Waals surface area contributed by atoms with Gasteiger partial charge in [-0.2, -0.15) is 0 Å². The second-order valence-corrected chi connectivity index (χ2v) is 6.42. The largest absolute Gasteiger partial charge is 0.342 e. The summed E-state index contributed by atoms with van der Waals surface area (Å²) in [6.07, 6.45) is 0. The fourth-order valence-electron chi connectivity index (χ4n) is 1.89. The molecule has 0 unspecified atom stereocenters. The highest BCUT2D eigenvalue weighted by Crippen LogP contribution is 2.24. The van der Waals surface area contributed by atoms with Crippen molar-refractivity contribution in [2.75, 3.05) is 11.9 Å². The number of rotatable bonds is 5. The molecule has 0 saturated heterocycles. The van der Waals surface area contributed by atoms with Crippen LogP contribution < -0.4 is 10.6 Å². The van der Waals surface area contributed by atoms with E-state index < -0.39 is 0 Å². The van der Waals surface area contributed by atoms with Crippen molar-refractivity contribution in [1.29, 1.82) is 0 Å². The molecule has 0 aliphatic heterocycles. The van der Waals surface area contributed by atoms with Gasteiger partial charge in [-0.3, -0.25) is 9.59 Å². The number of nitrogens with one attached hydrogen (secondary N) is 2. The smallest absolute Gasteiger partial charge is 0.261 e. The molecule has 0 aliphatic rings. The molecule has 5 nitrogen and oxygen atoms in total. The molecule has 0 atom stereocenters. The van der Waals surface area contributed by atoms with Gasteiger partial charge in [0.25, 0.3) is 5.91 Å². The summed E-state index contributed by atoms with van der Waals surface area (Å²) in [5.74, 6) is -0.553. The maximum absolute atomic E-state index is 11.9. The van der Waals surface area contributed by atoms with Crippen LogP contribution in [0.5, 0.6) is 0 Å². The first-order valence-corrected chi connectivity index (χ1v) is 8.61. The second kappa shape index (κ2) is 7.17. The molecule has 0 radical (unpaired) electrons. The molecule has 7 heteroatoms. The third-order valence-electron chi connectivity index (χ3n) is 2.97. The van der Waals surface area contributed by atoms with Gasteiger partial charge in [0.05, 0.1) is 17.1 Å². The highest BCUT2D eigenvalue weighted by molar-refractivity contribution is 7.14. The summed E-state index contributed by atoms with van der Waals surface area (Å²) in [7, 11) is 0. The maximum Gasteiger partial charge on any atom is 0.261 e. The van der Waals surface area contributed by atoms with Gasteiger partial charge >= 0.3 is 0 Å². The molecule has 2 N–H and O–H groups in total. The molecule has 116 valence electrons. The van der Waals surface area contributed by atoms with Crippen LogP contribution in [0.1, 0.15) is 9.67 Å². The Morgan fingerprint density at radius 1 is 1.04 bits per heavy atom. The Bertz CT molecular complexity index is 798. The zero-order valence-electron chi connectivity index (χ0n) is 12.0. The minimum absolute atomic E-state index is 0.0863. The molecule has 2 aromatic heterocycles. The van der Waals surface area contributed by atoms with Gasteiger partial charge in [-0.1, -0.05) is 36.4 Å². The second-order valence-electron chi connectivity index (χ2n) is 4.61. The molecule has 0 spiro atoms. The van der Waals surface area contributed by atoms with E-state index >= 15 is 0 Å². The lowest BCUT2D eigenvalue weighted by Gasteiger charge is -2.03. The third-order valence-corrected chi connectivity index (χ3v) is 4.60. The number of aromatic nitrogens is 1. The van der Waals surface area contributed by atoms with Gasteiger partial charge in [0.2, 0.25) is 5.91 Å². The average molecular weight is 343 g/mol. The standard InChI is InChI=1S/C16H13N3O2S2/c20-14(9-17-15(21)13-7-4-8-22-13)19-16-18-12(10-23-16)11-5-2-1-3-6-11/h1-8,10H,9H2,(H,17,21)(H,18,19,20). The number of thiophene rings is 1. The van der Waals surface area contributed by atoms with Crippen molar-refractivity contribution in [3.63, 3.8) is 0 Å². The summed E-state index contributed by atoms with van der Waals surface area (Å²) in [6, 6.07) is 13.2. The van der Waals surface area contributed by atoms with E-state index in [0.29, 0.717) is 10.0 Å². The summed E-state index contributed by atoms with van der Waals surface area (Å²) < 4.78 is 0. The number of thiazole rings is 1. The van der Waals surface area contributed by atoms with Crippen LogP contribution in [0.25, 0.3) is 11.3 Å². The van der Waals surface area contributed by atoms with E-state index in [2.05, 4.69) is 15.6 Å². The van der Waals surface area contributed by atoms with Gasteiger partial charge in [-0.25, -0.2) is 4.98 Å².